The summed E-state index contributed by atoms with van der Waals surface area (Å²) in [7, 11) is 0. The molecule has 3 aliphatic rings. The van der Waals surface area contributed by atoms with Crippen molar-refractivity contribution in [1.29, 1.82) is 0 Å². The van der Waals surface area contributed by atoms with Crippen LogP contribution in [0.15, 0.2) is 0 Å². The van der Waals surface area contributed by atoms with Crippen molar-refractivity contribution in [3.63, 3.8) is 0 Å². The molecule has 2 saturated heterocycles. The molecule has 3 fully saturated rings. The van der Waals surface area contributed by atoms with Gasteiger partial charge in [-0.15, -0.1) is 0 Å². The highest BCUT2D eigenvalue weighted by atomic mass is 16.2. The van der Waals surface area contributed by atoms with Crippen molar-refractivity contribution in [1.82, 2.24) is 9.80 Å². The number of carbonyl (C=O) groups is 3. The molecule has 1 aliphatic carbocycles. The highest BCUT2D eigenvalue weighted by molar-refractivity contribution is 5.89. The van der Waals surface area contributed by atoms with Crippen LogP contribution in [-0.2, 0) is 14.4 Å². The normalized spacial score (nSPS) is 27.6. The van der Waals surface area contributed by atoms with E-state index in [0.29, 0.717) is 44.9 Å². The molecule has 2 N–H and O–H groups in total. The van der Waals surface area contributed by atoms with Crippen molar-refractivity contribution in [2.45, 2.75) is 51.0 Å². The number of piperidine rings is 1. The van der Waals surface area contributed by atoms with Gasteiger partial charge in [0.25, 0.3) is 0 Å². The first kappa shape index (κ1) is 15.3. The number of rotatable bonds is 3. The molecule has 6 heteroatoms. The Morgan fingerprint density at radius 1 is 1.00 bits per heavy atom. The van der Waals surface area contributed by atoms with E-state index in [1.54, 1.807) is 0 Å². The van der Waals surface area contributed by atoms with Gasteiger partial charge < -0.3 is 15.5 Å². The summed E-state index contributed by atoms with van der Waals surface area (Å²) in [5.41, 5.74) is 5.32. The highest BCUT2D eigenvalue weighted by Gasteiger charge is 2.40. The molecule has 0 bridgehead atoms. The summed E-state index contributed by atoms with van der Waals surface area (Å²) in [5, 5.41) is 0. The third-order valence-electron chi connectivity index (χ3n) is 5.48. The van der Waals surface area contributed by atoms with Gasteiger partial charge in [-0.05, 0) is 25.7 Å². The number of carbonyl (C=O) groups excluding carboxylic acids is 3. The fraction of sp³-hybridized carbons (Fsp3) is 0.812. The lowest BCUT2D eigenvalue weighted by atomic mass is 9.95. The Hall–Kier alpha value is -1.59. The predicted molar refractivity (Wildman–Crippen MR) is 80.6 cm³/mol. The molecular formula is C16H25N3O3. The highest BCUT2D eigenvalue weighted by Crippen LogP contribution is 2.30. The number of likely N-dealkylation sites (tertiary alicyclic amines) is 2. The Balaban J connectivity index is 1.55. The molecule has 0 spiro atoms. The van der Waals surface area contributed by atoms with Gasteiger partial charge in [-0.2, -0.15) is 0 Å². The fourth-order valence-corrected chi connectivity index (χ4v) is 4.11. The number of amides is 3. The molecule has 0 unspecified atom stereocenters. The molecule has 0 aromatic heterocycles. The summed E-state index contributed by atoms with van der Waals surface area (Å²) in [6.07, 6.45) is 6.18. The zero-order chi connectivity index (χ0) is 15.7. The van der Waals surface area contributed by atoms with Gasteiger partial charge in [0.1, 0.15) is 0 Å². The van der Waals surface area contributed by atoms with Crippen molar-refractivity contribution < 1.29 is 14.4 Å². The summed E-state index contributed by atoms with van der Waals surface area (Å²) < 4.78 is 0. The largest absolute Gasteiger partial charge is 0.369 e. The third kappa shape index (κ3) is 2.96. The summed E-state index contributed by atoms with van der Waals surface area (Å²) in [6, 6.07) is 0.353. The second-order valence-electron chi connectivity index (χ2n) is 6.89. The number of nitrogens with zero attached hydrogens (tertiary/aromatic N) is 2. The lowest BCUT2D eigenvalue weighted by Gasteiger charge is -2.32. The van der Waals surface area contributed by atoms with Crippen molar-refractivity contribution in [3.8, 4) is 0 Å². The zero-order valence-corrected chi connectivity index (χ0v) is 13.0. The Morgan fingerprint density at radius 3 is 2.23 bits per heavy atom. The van der Waals surface area contributed by atoms with Crippen molar-refractivity contribution in [3.05, 3.63) is 0 Å². The molecule has 3 amide bonds. The lowest BCUT2D eigenvalue weighted by Crippen LogP contribution is -2.45. The molecule has 122 valence electrons. The average molecular weight is 307 g/mol. The molecule has 22 heavy (non-hydrogen) atoms. The van der Waals surface area contributed by atoms with Gasteiger partial charge in [0.05, 0.1) is 5.92 Å². The topological polar surface area (TPSA) is 83.7 Å². The number of hydrogen-bond donors (Lipinski definition) is 1. The first-order valence-electron chi connectivity index (χ1n) is 8.44. The maximum absolute atomic E-state index is 12.6. The van der Waals surface area contributed by atoms with Crippen LogP contribution in [0.25, 0.3) is 0 Å². The van der Waals surface area contributed by atoms with Crippen LogP contribution < -0.4 is 5.73 Å². The van der Waals surface area contributed by atoms with E-state index in [4.69, 9.17) is 5.73 Å². The van der Waals surface area contributed by atoms with E-state index < -0.39 is 0 Å². The van der Waals surface area contributed by atoms with Crippen LogP contribution in [0.2, 0.25) is 0 Å². The first-order chi connectivity index (χ1) is 10.6. The Morgan fingerprint density at radius 2 is 1.64 bits per heavy atom. The SMILES string of the molecule is NC(=O)C1CCN(C(=O)[C@H]2CC(=O)N(C3CCCC3)C2)CC1. The van der Waals surface area contributed by atoms with Crippen LogP contribution in [0.3, 0.4) is 0 Å². The van der Waals surface area contributed by atoms with Gasteiger partial charge >= 0.3 is 0 Å². The van der Waals surface area contributed by atoms with Crippen LogP contribution in [0.4, 0.5) is 0 Å². The number of hydrogen-bond acceptors (Lipinski definition) is 3. The minimum atomic E-state index is -0.268. The summed E-state index contributed by atoms with van der Waals surface area (Å²) in [5.74, 6) is -0.355. The minimum Gasteiger partial charge on any atom is -0.369 e. The van der Waals surface area contributed by atoms with Crippen molar-refractivity contribution >= 4 is 17.7 Å². The van der Waals surface area contributed by atoms with Gasteiger partial charge in [0.15, 0.2) is 0 Å². The van der Waals surface area contributed by atoms with Gasteiger partial charge in [-0.1, -0.05) is 12.8 Å². The van der Waals surface area contributed by atoms with E-state index >= 15 is 0 Å². The van der Waals surface area contributed by atoms with Crippen molar-refractivity contribution in [2.24, 2.45) is 17.6 Å². The molecule has 0 aromatic carbocycles. The van der Waals surface area contributed by atoms with Crippen LogP contribution in [-0.4, -0.2) is 53.2 Å². The smallest absolute Gasteiger partial charge is 0.227 e. The molecule has 1 atom stereocenters. The quantitative estimate of drug-likeness (QED) is 0.824. The number of primary amides is 1. The molecule has 1 saturated carbocycles. The van der Waals surface area contributed by atoms with Crippen molar-refractivity contribution in [2.75, 3.05) is 19.6 Å². The molecule has 2 aliphatic heterocycles. The maximum Gasteiger partial charge on any atom is 0.227 e. The molecule has 2 heterocycles. The Labute approximate surface area is 131 Å². The van der Waals surface area contributed by atoms with Gasteiger partial charge in [-0.3, -0.25) is 14.4 Å². The average Bonchev–Trinajstić information content (AvgIpc) is 3.15. The third-order valence-corrected chi connectivity index (χ3v) is 5.48. The summed E-state index contributed by atoms with van der Waals surface area (Å²) >= 11 is 0. The second kappa shape index (κ2) is 6.26. The maximum atomic E-state index is 12.6. The first-order valence-corrected chi connectivity index (χ1v) is 8.44. The zero-order valence-electron chi connectivity index (χ0n) is 13.0. The van der Waals surface area contributed by atoms with E-state index in [9.17, 15) is 14.4 Å². The summed E-state index contributed by atoms with van der Waals surface area (Å²) in [6.45, 7) is 1.75. The predicted octanol–water partition coefficient (Wildman–Crippen LogP) is 0.501. The lowest BCUT2D eigenvalue weighted by molar-refractivity contribution is -0.138. The molecule has 0 radical (unpaired) electrons. The van der Waals surface area contributed by atoms with Gasteiger partial charge in [0.2, 0.25) is 17.7 Å². The van der Waals surface area contributed by atoms with Gasteiger partial charge in [-0.25, -0.2) is 0 Å². The van der Waals surface area contributed by atoms with E-state index in [-0.39, 0.29) is 29.6 Å². The molecular weight excluding hydrogens is 282 g/mol. The Bertz CT molecular complexity index is 465. The molecule has 3 rings (SSSR count). The van der Waals surface area contributed by atoms with Crippen LogP contribution >= 0.6 is 0 Å². The van der Waals surface area contributed by atoms with E-state index in [2.05, 4.69) is 0 Å². The minimum absolute atomic E-state index is 0.0803. The van der Waals surface area contributed by atoms with E-state index in [1.807, 2.05) is 9.80 Å². The number of nitrogens with two attached hydrogens (primary N) is 1. The Kier molecular flexibility index (Phi) is 4.36. The van der Waals surface area contributed by atoms with E-state index in [1.165, 1.54) is 12.8 Å². The second-order valence-corrected chi connectivity index (χ2v) is 6.89. The van der Waals surface area contributed by atoms with Crippen LogP contribution in [0.1, 0.15) is 44.9 Å². The van der Waals surface area contributed by atoms with Gasteiger partial charge in [0, 0.05) is 38.0 Å². The summed E-state index contributed by atoms with van der Waals surface area (Å²) in [4.78, 5) is 39.7. The fourth-order valence-electron chi connectivity index (χ4n) is 4.11. The molecule has 0 aromatic rings. The standard InChI is InChI=1S/C16H25N3O3/c17-15(21)11-5-7-18(8-6-11)16(22)12-9-14(20)19(10-12)13-3-1-2-4-13/h11-13H,1-10H2,(H2,17,21)/t12-/m0/s1. The van der Waals surface area contributed by atoms with Crippen LogP contribution in [0, 0.1) is 11.8 Å². The molecule has 6 nitrogen and oxygen atoms in total. The monoisotopic (exact) mass is 307 g/mol. The van der Waals surface area contributed by atoms with Crippen LogP contribution in [0.5, 0.6) is 0 Å². The van der Waals surface area contributed by atoms with E-state index in [0.717, 1.165) is 12.8 Å².